The Hall–Kier alpha value is -2.82. The molecule has 5 heteroatoms. The van der Waals surface area contributed by atoms with Gasteiger partial charge in [0.05, 0.1) is 6.54 Å². The highest BCUT2D eigenvalue weighted by atomic mass is 19.1. The Labute approximate surface area is 134 Å². The summed E-state index contributed by atoms with van der Waals surface area (Å²) in [6, 6.07) is 16.3. The number of guanidine groups is 1. The smallest absolute Gasteiger partial charge is 0.191 e. The predicted octanol–water partition coefficient (Wildman–Crippen LogP) is 3.44. The lowest BCUT2D eigenvalue weighted by Gasteiger charge is -2.10. The highest BCUT2D eigenvalue weighted by Gasteiger charge is 2.04. The van der Waals surface area contributed by atoms with Crippen molar-refractivity contribution >= 4 is 16.9 Å². The van der Waals surface area contributed by atoms with E-state index in [9.17, 15) is 4.39 Å². The first-order chi connectivity index (χ1) is 11.2. The summed E-state index contributed by atoms with van der Waals surface area (Å²) in [7, 11) is 1.71. The molecule has 0 unspecified atom stereocenters. The molecule has 0 atom stereocenters. The lowest BCUT2D eigenvalue weighted by molar-refractivity contribution is 0.538. The SMILES string of the molecule is CN=C(NCc1ccc(F)cc1)NCc1cc2ccccc2o1. The van der Waals surface area contributed by atoms with Gasteiger partial charge in [-0.05, 0) is 29.8 Å². The van der Waals surface area contributed by atoms with Crippen LogP contribution in [-0.2, 0) is 13.1 Å². The quantitative estimate of drug-likeness (QED) is 0.573. The number of nitrogens with zero attached hydrogens (tertiary/aromatic N) is 1. The molecule has 0 bridgehead atoms. The first-order valence-electron chi connectivity index (χ1n) is 7.41. The van der Waals surface area contributed by atoms with E-state index in [2.05, 4.69) is 15.6 Å². The van der Waals surface area contributed by atoms with Crippen LogP contribution in [0.4, 0.5) is 4.39 Å². The molecule has 0 aliphatic rings. The van der Waals surface area contributed by atoms with Crippen LogP contribution in [0.15, 0.2) is 64.0 Å². The topological polar surface area (TPSA) is 49.6 Å². The Morgan fingerprint density at radius 3 is 2.52 bits per heavy atom. The van der Waals surface area contributed by atoms with Crippen LogP contribution >= 0.6 is 0 Å². The molecule has 0 aliphatic heterocycles. The molecule has 0 spiro atoms. The van der Waals surface area contributed by atoms with Crippen molar-refractivity contribution in [1.82, 2.24) is 10.6 Å². The first kappa shape index (κ1) is 15.1. The van der Waals surface area contributed by atoms with Crippen molar-refractivity contribution in [3.63, 3.8) is 0 Å². The van der Waals surface area contributed by atoms with Gasteiger partial charge in [-0.1, -0.05) is 30.3 Å². The van der Waals surface area contributed by atoms with Gasteiger partial charge in [-0.2, -0.15) is 0 Å². The molecule has 118 valence electrons. The van der Waals surface area contributed by atoms with E-state index in [1.54, 1.807) is 19.2 Å². The van der Waals surface area contributed by atoms with Gasteiger partial charge < -0.3 is 15.1 Å². The molecule has 0 saturated carbocycles. The number of nitrogens with one attached hydrogen (secondary N) is 2. The molecule has 0 aliphatic carbocycles. The van der Waals surface area contributed by atoms with E-state index < -0.39 is 0 Å². The predicted molar refractivity (Wildman–Crippen MR) is 89.7 cm³/mol. The molecule has 0 fully saturated rings. The minimum atomic E-state index is -0.235. The molecular formula is C18H18FN3O. The maximum absolute atomic E-state index is 12.9. The third-order valence-electron chi connectivity index (χ3n) is 3.50. The molecule has 23 heavy (non-hydrogen) atoms. The summed E-state index contributed by atoms with van der Waals surface area (Å²) in [5.74, 6) is 1.27. The number of fused-ring (bicyclic) bond motifs is 1. The summed E-state index contributed by atoms with van der Waals surface area (Å²) >= 11 is 0. The summed E-state index contributed by atoms with van der Waals surface area (Å²) in [4.78, 5) is 4.17. The summed E-state index contributed by atoms with van der Waals surface area (Å²) in [6.07, 6.45) is 0. The molecule has 0 radical (unpaired) electrons. The van der Waals surface area contributed by atoms with E-state index in [0.717, 1.165) is 22.3 Å². The number of rotatable bonds is 4. The van der Waals surface area contributed by atoms with Crippen LogP contribution in [0, 0.1) is 5.82 Å². The maximum atomic E-state index is 12.9. The Bertz CT molecular complexity index is 776. The Morgan fingerprint density at radius 1 is 1.04 bits per heavy atom. The van der Waals surface area contributed by atoms with Gasteiger partial charge in [0.1, 0.15) is 17.2 Å². The second-order valence-corrected chi connectivity index (χ2v) is 5.16. The van der Waals surface area contributed by atoms with Crippen molar-refractivity contribution in [3.05, 3.63) is 71.7 Å². The molecule has 4 nitrogen and oxygen atoms in total. The molecule has 2 N–H and O–H groups in total. The maximum Gasteiger partial charge on any atom is 0.191 e. The Balaban J connectivity index is 1.56. The molecule has 1 heterocycles. The van der Waals surface area contributed by atoms with E-state index in [0.29, 0.717) is 19.0 Å². The number of halogens is 1. The van der Waals surface area contributed by atoms with Gasteiger partial charge in [0.25, 0.3) is 0 Å². The third-order valence-corrected chi connectivity index (χ3v) is 3.50. The fourth-order valence-corrected chi connectivity index (χ4v) is 2.30. The van der Waals surface area contributed by atoms with Crippen LogP contribution < -0.4 is 10.6 Å². The third kappa shape index (κ3) is 3.88. The van der Waals surface area contributed by atoms with Gasteiger partial charge in [-0.25, -0.2) is 4.39 Å². The van der Waals surface area contributed by atoms with Gasteiger partial charge >= 0.3 is 0 Å². The monoisotopic (exact) mass is 311 g/mol. The molecule has 1 aromatic heterocycles. The molecule has 0 saturated heterocycles. The number of hydrogen-bond donors (Lipinski definition) is 2. The number of hydrogen-bond acceptors (Lipinski definition) is 2. The van der Waals surface area contributed by atoms with Gasteiger partial charge in [0, 0.05) is 19.0 Å². The van der Waals surface area contributed by atoms with Crippen molar-refractivity contribution in [2.45, 2.75) is 13.1 Å². The number of para-hydroxylation sites is 1. The highest BCUT2D eigenvalue weighted by molar-refractivity contribution is 5.80. The summed E-state index contributed by atoms with van der Waals surface area (Å²) in [5, 5.41) is 7.47. The van der Waals surface area contributed by atoms with E-state index >= 15 is 0 Å². The first-order valence-corrected chi connectivity index (χ1v) is 7.41. The summed E-state index contributed by atoms with van der Waals surface area (Å²) < 4.78 is 18.6. The molecular weight excluding hydrogens is 293 g/mol. The zero-order valence-electron chi connectivity index (χ0n) is 12.8. The zero-order valence-corrected chi connectivity index (χ0v) is 12.8. The Kier molecular flexibility index (Phi) is 4.57. The second-order valence-electron chi connectivity index (χ2n) is 5.16. The number of furan rings is 1. The van der Waals surface area contributed by atoms with E-state index in [4.69, 9.17) is 4.42 Å². The van der Waals surface area contributed by atoms with Crippen LogP contribution in [0.2, 0.25) is 0 Å². The lowest BCUT2D eigenvalue weighted by atomic mass is 10.2. The van der Waals surface area contributed by atoms with E-state index in [1.165, 1.54) is 12.1 Å². The van der Waals surface area contributed by atoms with Gasteiger partial charge in [0.2, 0.25) is 0 Å². The van der Waals surface area contributed by atoms with Crippen molar-refractivity contribution in [1.29, 1.82) is 0 Å². The van der Waals surface area contributed by atoms with Crippen molar-refractivity contribution in [2.75, 3.05) is 7.05 Å². The van der Waals surface area contributed by atoms with Crippen LogP contribution in [0.3, 0.4) is 0 Å². The fraction of sp³-hybridized carbons (Fsp3) is 0.167. The lowest BCUT2D eigenvalue weighted by Crippen LogP contribution is -2.36. The highest BCUT2D eigenvalue weighted by Crippen LogP contribution is 2.18. The zero-order chi connectivity index (χ0) is 16.1. The van der Waals surface area contributed by atoms with Crippen LogP contribution in [0.1, 0.15) is 11.3 Å². The fourth-order valence-electron chi connectivity index (χ4n) is 2.30. The second kappa shape index (κ2) is 6.96. The van der Waals surface area contributed by atoms with Crippen LogP contribution in [0.25, 0.3) is 11.0 Å². The average Bonchev–Trinajstić information content (AvgIpc) is 2.99. The molecule has 2 aromatic carbocycles. The van der Waals surface area contributed by atoms with E-state index in [-0.39, 0.29) is 5.82 Å². The molecule has 0 amide bonds. The van der Waals surface area contributed by atoms with E-state index in [1.807, 2.05) is 30.3 Å². The molecule has 3 aromatic rings. The molecule has 3 rings (SSSR count). The summed E-state index contributed by atoms with van der Waals surface area (Å²) in [6.45, 7) is 1.11. The van der Waals surface area contributed by atoms with Crippen molar-refractivity contribution < 1.29 is 8.81 Å². The van der Waals surface area contributed by atoms with Crippen molar-refractivity contribution in [3.8, 4) is 0 Å². The van der Waals surface area contributed by atoms with Gasteiger partial charge in [-0.3, -0.25) is 4.99 Å². The van der Waals surface area contributed by atoms with Crippen LogP contribution in [-0.4, -0.2) is 13.0 Å². The normalized spacial score (nSPS) is 11.7. The minimum absolute atomic E-state index is 0.235. The number of benzene rings is 2. The number of aliphatic imine (C=N–C) groups is 1. The van der Waals surface area contributed by atoms with Crippen LogP contribution in [0.5, 0.6) is 0 Å². The van der Waals surface area contributed by atoms with Crippen molar-refractivity contribution in [2.24, 2.45) is 4.99 Å². The van der Waals surface area contributed by atoms with Gasteiger partial charge in [0.15, 0.2) is 5.96 Å². The minimum Gasteiger partial charge on any atom is -0.459 e. The van der Waals surface area contributed by atoms with Gasteiger partial charge in [-0.15, -0.1) is 0 Å². The largest absolute Gasteiger partial charge is 0.459 e. The summed E-state index contributed by atoms with van der Waals surface area (Å²) in [5.41, 5.74) is 1.86. The Morgan fingerprint density at radius 2 is 1.78 bits per heavy atom. The standard InChI is InChI=1S/C18H18FN3O/c1-20-18(21-11-13-6-8-15(19)9-7-13)22-12-16-10-14-4-2-3-5-17(14)23-16/h2-10H,11-12H2,1H3,(H2,20,21,22). The average molecular weight is 311 g/mol.